The quantitative estimate of drug-likeness (QED) is 0.405. The number of benzene rings is 2. The minimum absolute atomic E-state index is 0.0639. The Morgan fingerprint density at radius 1 is 1.00 bits per heavy atom. The van der Waals surface area contributed by atoms with Crippen molar-refractivity contribution < 1.29 is 14.0 Å². The molecule has 0 unspecified atom stereocenters. The molecule has 0 bridgehead atoms. The van der Waals surface area contributed by atoms with Crippen LogP contribution in [-0.4, -0.2) is 45.7 Å². The number of carbonyl (C=O) groups is 2. The van der Waals surface area contributed by atoms with Gasteiger partial charge in [-0.3, -0.25) is 9.59 Å². The molecule has 0 radical (unpaired) electrons. The Labute approximate surface area is 234 Å². The largest absolute Gasteiger partial charge is 0.340 e. The molecule has 2 saturated carbocycles. The molecular weight excluding hydrogens is 505 g/mol. The summed E-state index contributed by atoms with van der Waals surface area (Å²) in [5.74, 6) is 0.948. The van der Waals surface area contributed by atoms with Crippen molar-refractivity contribution in [2.75, 3.05) is 11.9 Å². The number of aromatic nitrogens is 2. The first-order valence-electron chi connectivity index (χ1n) is 14.4. The number of alkyl halides is 1. The third kappa shape index (κ3) is 5.50. The summed E-state index contributed by atoms with van der Waals surface area (Å²) in [5, 5.41) is 11.9. The number of nitrogens with two attached hydrogens (primary N) is 1. The van der Waals surface area contributed by atoms with Crippen LogP contribution >= 0.6 is 0 Å². The van der Waals surface area contributed by atoms with Crippen LogP contribution in [0.25, 0.3) is 22.4 Å². The molecular formula is C32H36FN5O2. The van der Waals surface area contributed by atoms with Crippen LogP contribution < -0.4 is 11.1 Å². The number of nitrogens with zero attached hydrogens (tertiary/aromatic N) is 3. The second-order valence-electron chi connectivity index (χ2n) is 11.7. The predicted octanol–water partition coefficient (Wildman–Crippen LogP) is 5.61. The van der Waals surface area contributed by atoms with Crippen molar-refractivity contribution in [1.29, 1.82) is 0 Å². The van der Waals surface area contributed by atoms with Gasteiger partial charge in [0.05, 0.1) is 0 Å². The molecule has 1 saturated heterocycles. The molecule has 3 N–H and O–H groups in total. The number of carbonyl (C=O) groups excluding carboxylic acids is 2. The minimum atomic E-state index is -0.835. The standard InChI is InChI=1S/C32H36FN5O2/c33-25-19-32(34,20-25)24-12-10-23(11-13-24)31-27(22-5-2-1-3-6-22)18-28(36-37-31)35-29(39)17-21-8-14-26(15-9-21)38-16-4-7-30(38)40/h1-3,5-6,10-13,18,21,25-26H,4,7-9,14-17,19-20,34H2,(H,35,36,39)/t21?,25-,26?,32-. The van der Waals surface area contributed by atoms with E-state index in [1.54, 1.807) is 0 Å². The van der Waals surface area contributed by atoms with Crippen molar-refractivity contribution in [2.45, 2.75) is 75.5 Å². The summed E-state index contributed by atoms with van der Waals surface area (Å²) in [5.41, 5.74) is 10.1. The van der Waals surface area contributed by atoms with Crippen molar-refractivity contribution in [2.24, 2.45) is 11.7 Å². The molecule has 3 aliphatic rings. The number of likely N-dealkylation sites (tertiary alicyclic amines) is 1. The van der Waals surface area contributed by atoms with Crippen LogP contribution in [0.4, 0.5) is 10.2 Å². The maximum atomic E-state index is 13.5. The van der Waals surface area contributed by atoms with Crippen LogP contribution in [0.1, 0.15) is 63.4 Å². The molecule has 8 heteroatoms. The normalized spacial score (nSPS) is 26.4. The first-order chi connectivity index (χ1) is 19.4. The van der Waals surface area contributed by atoms with Gasteiger partial charge in [0.15, 0.2) is 5.82 Å². The average molecular weight is 542 g/mol. The Morgan fingerprint density at radius 2 is 1.73 bits per heavy atom. The molecule has 0 atom stereocenters. The molecule has 1 aliphatic heterocycles. The molecule has 2 heterocycles. The number of nitrogens with one attached hydrogen (secondary N) is 1. The Balaban J connectivity index is 1.15. The zero-order valence-corrected chi connectivity index (χ0v) is 22.7. The van der Waals surface area contributed by atoms with Crippen molar-refractivity contribution in [3.8, 4) is 22.4 Å². The zero-order chi connectivity index (χ0) is 27.7. The molecule has 0 spiro atoms. The molecule has 2 aromatic carbocycles. The van der Waals surface area contributed by atoms with Gasteiger partial charge in [0, 0.05) is 54.9 Å². The van der Waals surface area contributed by atoms with E-state index in [1.807, 2.05) is 65.6 Å². The minimum Gasteiger partial charge on any atom is -0.340 e. The van der Waals surface area contributed by atoms with E-state index in [9.17, 15) is 14.0 Å². The Morgan fingerprint density at radius 3 is 2.38 bits per heavy atom. The summed E-state index contributed by atoms with van der Waals surface area (Å²) in [7, 11) is 0. The van der Waals surface area contributed by atoms with Gasteiger partial charge in [-0.2, -0.15) is 0 Å². The van der Waals surface area contributed by atoms with E-state index >= 15 is 0 Å². The highest BCUT2D eigenvalue weighted by Crippen LogP contribution is 2.42. The number of halogens is 1. The SMILES string of the molecule is N[C@]1(c2ccc(-c3nnc(NC(=O)CC4CCC(N5CCCC5=O)CC4)cc3-c3ccccc3)cc2)C[C@@H](F)C1. The number of hydrogen-bond acceptors (Lipinski definition) is 5. The first-order valence-corrected chi connectivity index (χ1v) is 14.4. The fraction of sp³-hybridized carbons (Fsp3) is 0.438. The summed E-state index contributed by atoms with van der Waals surface area (Å²) >= 11 is 0. The van der Waals surface area contributed by atoms with Gasteiger partial charge in [0.2, 0.25) is 11.8 Å². The molecule has 40 heavy (non-hydrogen) atoms. The lowest BCUT2D eigenvalue weighted by Gasteiger charge is -2.41. The van der Waals surface area contributed by atoms with Gasteiger partial charge in [0.1, 0.15) is 11.9 Å². The fourth-order valence-corrected chi connectivity index (χ4v) is 6.60. The van der Waals surface area contributed by atoms with Gasteiger partial charge in [-0.05, 0) is 55.2 Å². The first kappa shape index (κ1) is 26.6. The second kappa shape index (κ2) is 11.1. The molecule has 3 aromatic rings. The maximum absolute atomic E-state index is 13.5. The number of anilines is 1. The highest BCUT2D eigenvalue weighted by Gasteiger charge is 2.42. The number of amides is 2. The van der Waals surface area contributed by atoms with Crippen LogP contribution in [0.15, 0.2) is 60.7 Å². The van der Waals surface area contributed by atoms with E-state index in [0.717, 1.165) is 60.9 Å². The van der Waals surface area contributed by atoms with Gasteiger partial charge >= 0.3 is 0 Å². The topological polar surface area (TPSA) is 101 Å². The van der Waals surface area contributed by atoms with Crippen molar-refractivity contribution in [1.82, 2.24) is 15.1 Å². The van der Waals surface area contributed by atoms with Crippen LogP contribution in [0.3, 0.4) is 0 Å². The number of rotatable bonds is 7. The van der Waals surface area contributed by atoms with Crippen LogP contribution in [0.2, 0.25) is 0 Å². The summed E-state index contributed by atoms with van der Waals surface area (Å²) < 4.78 is 13.5. The van der Waals surface area contributed by atoms with Crippen LogP contribution in [-0.2, 0) is 15.1 Å². The van der Waals surface area contributed by atoms with E-state index in [0.29, 0.717) is 49.2 Å². The second-order valence-corrected chi connectivity index (χ2v) is 11.7. The van der Waals surface area contributed by atoms with Crippen molar-refractivity contribution in [3.63, 3.8) is 0 Å². The van der Waals surface area contributed by atoms with Crippen LogP contribution in [0, 0.1) is 5.92 Å². The highest BCUT2D eigenvalue weighted by molar-refractivity contribution is 5.91. The van der Waals surface area contributed by atoms with Crippen LogP contribution in [0.5, 0.6) is 0 Å². The third-order valence-corrected chi connectivity index (χ3v) is 8.89. The van der Waals surface area contributed by atoms with Gasteiger partial charge in [-0.15, -0.1) is 10.2 Å². The predicted molar refractivity (Wildman–Crippen MR) is 153 cm³/mol. The monoisotopic (exact) mass is 541 g/mol. The summed E-state index contributed by atoms with van der Waals surface area (Å²) in [4.78, 5) is 27.1. The Hall–Kier alpha value is -3.65. The van der Waals surface area contributed by atoms with E-state index in [2.05, 4.69) is 15.5 Å². The molecule has 1 aromatic heterocycles. The third-order valence-electron chi connectivity index (χ3n) is 8.89. The summed E-state index contributed by atoms with van der Waals surface area (Å²) in [6.45, 7) is 0.880. The molecule has 2 amide bonds. The van der Waals surface area contributed by atoms with Gasteiger partial charge in [-0.1, -0.05) is 54.6 Å². The Bertz CT molecular complexity index is 1370. The van der Waals surface area contributed by atoms with E-state index < -0.39 is 11.7 Å². The molecule has 2 aliphatic carbocycles. The van der Waals surface area contributed by atoms with E-state index in [4.69, 9.17) is 5.73 Å². The maximum Gasteiger partial charge on any atom is 0.225 e. The van der Waals surface area contributed by atoms with Crippen molar-refractivity contribution in [3.05, 3.63) is 66.2 Å². The highest BCUT2D eigenvalue weighted by atomic mass is 19.1. The lowest BCUT2D eigenvalue weighted by Crippen LogP contribution is -2.50. The van der Waals surface area contributed by atoms with Gasteiger partial charge < -0.3 is 16.0 Å². The average Bonchev–Trinajstić information content (AvgIpc) is 3.39. The summed E-state index contributed by atoms with van der Waals surface area (Å²) in [6.07, 6.45) is 5.77. The molecule has 7 nitrogen and oxygen atoms in total. The van der Waals surface area contributed by atoms with Gasteiger partial charge in [-0.25, -0.2) is 4.39 Å². The van der Waals surface area contributed by atoms with Gasteiger partial charge in [0.25, 0.3) is 0 Å². The number of hydrogen-bond donors (Lipinski definition) is 2. The summed E-state index contributed by atoms with van der Waals surface area (Å²) in [6, 6.07) is 19.9. The van der Waals surface area contributed by atoms with E-state index in [-0.39, 0.29) is 11.8 Å². The molecule has 6 rings (SSSR count). The lowest BCUT2D eigenvalue weighted by molar-refractivity contribution is -0.130. The lowest BCUT2D eigenvalue weighted by atomic mass is 9.71. The molecule has 3 fully saturated rings. The Kier molecular flexibility index (Phi) is 7.36. The smallest absolute Gasteiger partial charge is 0.225 e. The zero-order valence-electron chi connectivity index (χ0n) is 22.7. The van der Waals surface area contributed by atoms with E-state index in [1.165, 1.54) is 0 Å². The fourth-order valence-electron chi connectivity index (χ4n) is 6.60. The van der Waals surface area contributed by atoms with Crippen molar-refractivity contribution >= 4 is 17.6 Å². The molecule has 208 valence electrons.